The molecule has 0 radical (unpaired) electrons. The molecular formula is C32H34N4O3S. The highest BCUT2D eigenvalue weighted by Crippen LogP contribution is 2.44. The predicted octanol–water partition coefficient (Wildman–Crippen LogP) is 7.22. The second kappa shape index (κ2) is 10.7. The number of aromatic carboxylic acids is 1. The number of aromatic nitrogens is 3. The Kier molecular flexibility index (Phi) is 7.15. The molecule has 4 aromatic rings. The zero-order chi connectivity index (χ0) is 27.9. The maximum absolute atomic E-state index is 11.8. The van der Waals surface area contributed by atoms with Crippen LogP contribution in [0.3, 0.4) is 0 Å². The van der Waals surface area contributed by atoms with Crippen molar-refractivity contribution < 1.29 is 15.0 Å². The van der Waals surface area contributed by atoms with Crippen LogP contribution in [0.5, 0.6) is 0 Å². The number of pyridine rings is 2. The summed E-state index contributed by atoms with van der Waals surface area (Å²) < 4.78 is 0. The fourth-order valence-electron chi connectivity index (χ4n) is 6.31. The van der Waals surface area contributed by atoms with Crippen LogP contribution in [0.4, 0.5) is 11.6 Å². The molecule has 6 rings (SSSR count). The van der Waals surface area contributed by atoms with Crippen LogP contribution in [0.1, 0.15) is 89.0 Å². The van der Waals surface area contributed by atoms with Gasteiger partial charge in [-0.3, -0.25) is 0 Å². The number of hydrogen-bond donors (Lipinski definition) is 3. The molecule has 206 valence electrons. The summed E-state index contributed by atoms with van der Waals surface area (Å²) in [5, 5.41) is 25.2. The summed E-state index contributed by atoms with van der Waals surface area (Å²) in [6.45, 7) is 4.38. The van der Waals surface area contributed by atoms with E-state index < -0.39 is 11.6 Å². The summed E-state index contributed by atoms with van der Waals surface area (Å²) in [4.78, 5) is 26.4. The molecule has 1 fully saturated rings. The minimum atomic E-state index is -1.25. The van der Waals surface area contributed by atoms with Crippen LogP contribution in [0.15, 0.2) is 54.9 Å². The van der Waals surface area contributed by atoms with Crippen molar-refractivity contribution in [1.82, 2.24) is 15.0 Å². The van der Waals surface area contributed by atoms with E-state index in [1.807, 2.05) is 25.3 Å². The molecule has 7 nitrogen and oxygen atoms in total. The van der Waals surface area contributed by atoms with Gasteiger partial charge in [0.1, 0.15) is 22.2 Å². The summed E-state index contributed by atoms with van der Waals surface area (Å²) in [6.07, 6.45) is 10.7. The van der Waals surface area contributed by atoms with Crippen LogP contribution in [0.25, 0.3) is 10.6 Å². The van der Waals surface area contributed by atoms with Gasteiger partial charge in [-0.1, -0.05) is 25.8 Å². The molecule has 3 heterocycles. The summed E-state index contributed by atoms with van der Waals surface area (Å²) in [7, 11) is 0. The minimum absolute atomic E-state index is 0.236. The van der Waals surface area contributed by atoms with E-state index in [1.54, 1.807) is 24.4 Å². The molecule has 8 heteroatoms. The lowest BCUT2D eigenvalue weighted by Crippen LogP contribution is -2.32. The molecule has 0 spiro atoms. The number of aryl methyl sites for hydroxylation is 2. The van der Waals surface area contributed by atoms with Gasteiger partial charge in [0.2, 0.25) is 0 Å². The minimum Gasteiger partial charge on any atom is -0.478 e. The molecule has 3 atom stereocenters. The van der Waals surface area contributed by atoms with Crippen LogP contribution in [-0.2, 0) is 12.0 Å². The molecule has 1 aromatic carbocycles. The van der Waals surface area contributed by atoms with Gasteiger partial charge in [-0.25, -0.2) is 19.7 Å². The first-order valence-electron chi connectivity index (χ1n) is 14.1. The largest absolute Gasteiger partial charge is 0.478 e. The van der Waals surface area contributed by atoms with Crippen molar-refractivity contribution in [2.24, 2.45) is 5.92 Å². The number of thiazole rings is 1. The number of carboxylic acids is 1. The van der Waals surface area contributed by atoms with E-state index in [2.05, 4.69) is 34.3 Å². The molecule has 2 aliphatic rings. The fourth-order valence-corrected chi connectivity index (χ4v) is 7.32. The van der Waals surface area contributed by atoms with Crippen LogP contribution in [0, 0.1) is 12.8 Å². The third-order valence-electron chi connectivity index (χ3n) is 8.31. The predicted molar refractivity (Wildman–Crippen MR) is 157 cm³/mol. The molecule has 0 saturated heterocycles. The highest BCUT2D eigenvalue weighted by molar-refractivity contribution is 7.15. The number of nitrogens with one attached hydrogen (secondary N) is 1. The van der Waals surface area contributed by atoms with Crippen molar-refractivity contribution in [2.45, 2.75) is 70.3 Å². The van der Waals surface area contributed by atoms with Crippen molar-refractivity contribution in [1.29, 1.82) is 0 Å². The number of carbonyl (C=O) groups is 1. The van der Waals surface area contributed by atoms with Crippen molar-refractivity contribution in [3.8, 4) is 10.6 Å². The molecule has 0 amide bonds. The molecule has 3 aromatic heterocycles. The number of anilines is 2. The lowest BCUT2D eigenvalue weighted by atomic mass is 9.79. The summed E-state index contributed by atoms with van der Waals surface area (Å²) >= 11 is 1.43. The van der Waals surface area contributed by atoms with Gasteiger partial charge >= 0.3 is 5.97 Å². The Hall–Kier alpha value is -3.62. The molecule has 0 aliphatic heterocycles. The van der Waals surface area contributed by atoms with E-state index in [4.69, 9.17) is 4.98 Å². The monoisotopic (exact) mass is 554 g/mol. The van der Waals surface area contributed by atoms with Gasteiger partial charge in [0.25, 0.3) is 0 Å². The molecular weight excluding hydrogens is 520 g/mol. The van der Waals surface area contributed by atoms with Gasteiger partial charge in [0, 0.05) is 12.4 Å². The first-order chi connectivity index (χ1) is 19.3. The molecule has 1 saturated carbocycles. The van der Waals surface area contributed by atoms with E-state index >= 15 is 0 Å². The maximum atomic E-state index is 11.8. The first kappa shape index (κ1) is 26.6. The Labute approximate surface area is 238 Å². The maximum Gasteiger partial charge on any atom is 0.335 e. The van der Waals surface area contributed by atoms with Gasteiger partial charge in [-0.2, -0.15) is 0 Å². The second-order valence-electron chi connectivity index (χ2n) is 11.4. The quantitative estimate of drug-likeness (QED) is 0.231. The zero-order valence-electron chi connectivity index (χ0n) is 22.9. The molecule has 40 heavy (non-hydrogen) atoms. The molecule has 2 aliphatic carbocycles. The molecule has 3 N–H and O–H groups in total. The average Bonchev–Trinajstić information content (AvgIpc) is 3.44. The Morgan fingerprint density at radius 1 is 1.07 bits per heavy atom. The third kappa shape index (κ3) is 5.25. The van der Waals surface area contributed by atoms with E-state index in [0.717, 1.165) is 57.7 Å². The van der Waals surface area contributed by atoms with Crippen LogP contribution < -0.4 is 5.32 Å². The van der Waals surface area contributed by atoms with Crippen LogP contribution in [0.2, 0.25) is 0 Å². The van der Waals surface area contributed by atoms with E-state index in [1.165, 1.54) is 42.6 Å². The van der Waals surface area contributed by atoms with Crippen LogP contribution >= 0.6 is 11.3 Å². The van der Waals surface area contributed by atoms with Gasteiger partial charge in [-0.05, 0) is 110 Å². The van der Waals surface area contributed by atoms with Crippen LogP contribution in [-0.4, -0.2) is 31.1 Å². The number of rotatable bonds is 6. The second-order valence-corrected chi connectivity index (χ2v) is 12.4. The van der Waals surface area contributed by atoms with Crippen molar-refractivity contribution in [2.75, 3.05) is 5.32 Å². The lowest BCUT2D eigenvalue weighted by Gasteiger charge is -2.33. The summed E-state index contributed by atoms with van der Waals surface area (Å²) in [6, 6.07) is 13.3. The smallest absolute Gasteiger partial charge is 0.335 e. The number of nitrogens with zero attached hydrogens (tertiary/aromatic N) is 3. The van der Waals surface area contributed by atoms with Gasteiger partial charge in [0.05, 0.1) is 16.1 Å². The van der Waals surface area contributed by atoms with E-state index in [0.29, 0.717) is 17.3 Å². The summed E-state index contributed by atoms with van der Waals surface area (Å²) in [5.74, 6) is 1.88. The normalized spacial score (nSPS) is 22.5. The zero-order valence-corrected chi connectivity index (χ0v) is 23.7. The highest BCUT2D eigenvalue weighted by Gasteiger charge is 2.39. The fraction of sp³-hybridized carbons (Fsp3) is 0.375. The van der Waals surface area contributed by atoms with Crippen molar-refractivity contribution in [3.63, 3.8) is 0 Å². The molecule has 2 unspecified atom stereocenters. The van der Waals surface area contributed by atoms with Gasteiger partial charge in [-0.15, -0.1) is 11.3 Å². The molecule has 0 bridgehead atoms. The standard InChI is InChI=1S/C32H34N4O3S/c1-19-5-3-6-21(13-19)22-10-12-33-28(17-22)36-29-15-20(2)14-26(35-29)27-18-34-31(40-27)32(39)11-4-7-23-16-24(30(37)38)8-9-25(23)32/h8-10,12,14-19,21,39H,3-7,11,13H2,1-2H3,(H,37,38)(H,33,35,36)/t19?,21?,32-/m1/s1. The van der Waals surface area contributed by atoms with E-state index in [9.17, 15) is 15.0 Å². The Balaban J connectivity index is 1.26. The Morgan fingerprint density at radius 3 is 2.77 bits per heavy atom. The van der Waals surface area contributed by atoms with Crippen molar-refractivity contribution in [3.05, 3.63) is 87.7 Å². The third-order valence-corrected chi connectivity index (χ3v) is 9.48. The number of fused-ring (bicyclic) bond motifs is 1. The topological polar surface area (TPSA) is 108 Å². The van der Waals surface area contributed by atoms with Crippen molar-refractivity contribution >= 4 is 28.9 Å². The number of benzene rings is 1. The SMILES string of the molecule is Cc1cc(Nc2cc(C3CCCC(C)C3)ccn2)nc(-c2cnc([C@@]3(O)CCCc4cc(C(=O)O)ccc43)s2)c1. The van der Waals surface area contributed by atoms with Gasteiger partial charge < -0.3 is 15.5 Å². The first-order valence-corrected chi connectivity index (χ1v) is 14.9. The van der Waals surface area contributed by atoms with E-state index in [-0.39, 0.29) is 5.56 Å². The number of aliphatic hydroxyl groups is 1. The average molecular weight is 555 g/mol. The Bertz CT molecular complexity index is 1570. The number of hydrogen-bond acceptors (Lipinski definition) is 7. The van der Waals surface area contributed by atoms with Gasteiger partial charge in [0.15, 0.2) is 0 Å². The lowest BCUT2D eigenvalue weighted by molar-refractivity contribution is 0.0607. The highest BCUT2D eigenvalue weighted by atomic mass is 32.1. The number of carboxylic acid groups (broad SMARTS) is 1. The summed E-state index contributed by atoms with van der Waals surface area (Å²) in [5.41, 5.74) is 3.76. The Morgan fingerprint density at radius 2 is 1.95 bits per heavy atom.